The average molecular weight is 228 g/mol. The Kier molecular flexibility index (Phi) is 2.71. The minimum atomic E-state index is -0.0262. The van der Waals surface area contributed by atoms with Crippen molar-refractivity contribution in [1.82, 2.24) is 9.88 Å². The van der Waals surface area contributed by atoms with E-state index in [-0.39, 0.29) is 11.9 Å². The number of nitrogens with one attached hydrogen (secondary N) is 1. The van der Waals surface area contributed by atoms with Crippen LogP contribution in [0.5, 0.6) is 0 Å². The van der Waals surface area contributed by atoms with Crippen molar-refractivity contribution in [2.75, 3.05) is 13.1 Å². The molecular weight excluding hydrogens is 214 g/mol. The van der Waals surface area contributed by atoms with Crippen molar-refractivity contribution in [2.24, 2.45) is 11.7 Å². The molecule has 4 nitrogen and oxygen atoms in total. The second kappa shape index (κ2) is 3.87. The summed E-state index contributed by atoms with van der Waals surface area (Å²) in [7, 11) is 0. The van der Waals surface area contributed by atoms with Gasteiger partial charge in [0.05, 0.1) is 5.02 Å². The van der Waals surface area contributed by atoms with Gasteiger partial charge in [-0.3, -0.25) is 4.79 Å². The molecule has 1 aliphatic heterocycles. The van der Waals surface area contributed by atoms with Crippen LogP contribution in [0.15, 0.2) is 12.3 Å². The lowest BCUT2D eigenvalue weighted by Crippen LogP contribution is -2.32. The summed E-state index contributed by atoms with van der Waals surface area (Å²) < 4.78 is 0. The molecule has 2 rings (SSSR count). The number of nitrogens with zero attached hydrogens (tertiary/aromatic N) is 1. The molecule has 0 bridgehead atoms. The maximum Gasteiger partial charge on any atom is 0.270 e. The van der Waals surface area contributed by atoms with Crippen molar-refractivity contribution in [3.8, 4) is 0 Å². The number of carbonyl (C=O) groups is 1. The van der Waals surface area contributed by atoms with Crippen LogP contribution >= 0.6 is 11.6 Å². The Morgan fingerprint density at radius 2 is 2.40 bits per heavy atom. The second-order valence-corrected chi connectivity index (χ2v) is 4.52. The van der Waals surface area contributed by atoms with Crippen LogP contribution < -0.4 is 5.73 Å². The molecule has 1 fully saturated rings. The molecule has 0 spiro atoms. The van der Waals surface area contributed by atoms with E-state index >= 15 is 0 Å². The zero-order valence-corrected chi connectivity index (χ0v) is 9.29. The number of hydrogen-bond donors (Lipinski definition) is 2. The number of carbonyl (C=O) groups excluding carboxylic acids is 1. The Bertz CT molecular complexity index is 366. The number of aromatic amines is 1. The first-order valence-electron chi connectivity index (χ1n) is 4.96. The molecule has 2 unspecified atom stereocenters. The largest absolute Gasteiger partial charge is 0.356 e. The highest BCUT2D eigenvalue weighted by atomic mass is 35.5. The van der Waals surface area contributed by atoms with E-state index in [0.29, 0.717) is 23.2 Å². The van der Waals surface area contributed by atoms with Crippen molar-refractivity contribution >= 4 is 17.5 Å². The number of H-pyrrole nitrogens is 1. The highest BCUT2D eigenvalue weighted by molar-refractivity contribution is 6.30. The van der Waals surface area contributed by atoms with Crippen LogP contribution in [0.4, 0.5) is 0 Å². The molecule has 1 amide bonds. The fourth-order valence-electron chi connectivity index (χ4n) is 1.82. The van der Waals surface area contributed by atoms with Crippen LogP contribution in [0.25, 0.3) is 0 Å². The highest BCUT2D eigenvalue weighted by Gasteiger charge is 2.30. The van der Waals surface area contributed by atoms with Crippen LogP contribution in [0, 0.1) is 5.92 Å². The lowest BCUT2D eigenvalue weighted by atomic mass is 10.1. The maximum absolute atomic E-state index is 11.9. The standard InChI is InChI=1S/C10H14ClN3O/c1-6-4-14(5-8(6)12)10(15)9-2-7(11)3-13-9/h2-3,6,8,13H,4-5,12H2,1H3. The van der Waals surface area contributed by atoms with Crippen molar-refractivity contribution in [2.45, 2.75) is 13.0 Å². The summed E-state index contributed by atoms with van der Waals surface area (Å²) in [5.74, 6) is 0.334. The Morgan fingerprint density at radius 1 is 1.67 bits per heavy atom. The van der Waals surface area contributed by atoms with Gasteiger partial charge in [-0.1, -0.05) is 18.5 Å². The molecule has 1 aromatic rings. The third-order valence-electron chi connectivity index (χ3n) is 2.84. The molecule has 0 radical (unpaired) electrons. The number of hydrogen-bond acceptors (Lipinski definition) is 2. The van der Waals surface area contributed by atoms with E-state index in [2.05, 4.69) is 11.9 Å². The number of halogens is 1. The predicted molar refractivity (Wildman–Crippen MR) is 58.8 cm³/mol. The number of amides is 1. The number of likely N-dealkylation sites (tertiary alicyclic amines) is 1. The van der Waals surface area contributed by atoms with E-state index in [9.17, 15) is 4.79 Å². The number of aromatic nitrogens is 1. The second-order valence-electron chi connectivity index (χ2n) is 4.08. The predicted octanol–water partition coefficient (Wildman–Crippen LogP) is 1.09. The minimum absolute atomic E-state index is 0.0262. The van der Waals surface area contributed by atoms with Gasteiger partial charge in [-0.2, -0.15) is 0 Å². The average Bonchev–Trinajstić information content (AvgIpc) is 2.74. The molecule has 82 valence electrons. The number of rotatable bonds is 1. The van der Waals surface area contributed by atoms with E-state index in [1.807, 2.05) is 0 Å². The van der Waals surface area contributed by atoms with Crippen LogP contribution in [-0.4, -0.2) is 34.9 Å². The topological polar surface area (TPSA) is 62.1 Å². The molecule has 1 aromatic heterocycles. The molecule has 2 atom stereocenters. The van der Waals surface area contributed by atoms with Gasteiger partial charge in [-0.05, 0) is 12.0 Å². The monoisotopic (exact) mass is 227 g/mol. The van der Waals surface area contributed by atoms with E-state index < -0.39 is 0 Å². The molecular formula is C10H14ClN3O. The summed E-state index contributed by atoms with van der Waals surface area (Å²) >= 11 is 5.74. The Labute approximate surface area is 93.4 Å². The van der Waals surface area contributed by atoms with E-state index in [0.717, 1.165) is 6.54 Å². The lowest BCUT2D eigenvalue weighted by Gasteiger charge is -2.14. The summed E-state index contributed by atoms with van der Waals surface area (Å²) in [5, 5.41) is 0.551. The van der Waals surface area contributed by atoms with Crippen molar-refractivity contribution < 1.29 is 4.79 Å². The maximum atomic E-state index is 11.9. The van der Waals surface area contributed by atoms with Gasteiger partial charge in [-0.25, -0.2) is 0 Å². The fraction of sp³-hybridized carbons (Fsp3) is 0.500. The Morgan fingerprint density at radius 3 is 2.87 bits per heavy atom. The summed E-state index contributed by atoms with van der Waals surface area (Å²) in [6, 6.07) is 1.72. The fourth-order valence-corrected chi connectivity index (χ4v) is 1.98. The van der Waals surface area contributed by atoms with Gasteiger partial charge in [-0.15, -0.1) is 0 Å². The molecule has 0 aromatic carbocycles. The van der Waals surface area contributed by atoms with Gasteiger partial charge in [0.2, 0.25) is 0 Å². The molecule has 1 aliphatic rings. The molecule has 0 saturated carbocycles. The van der Waals surface area contributed by atoms with Crippen LogP contribution in [0.3, 0.4) is 0 Å². The third kappa shape index (κ3) is 2.01. The molecule has 3 N–H and O–H groups in total. The quantitative estimate of drug-likeness (QED) is 0.755. The first-order chi connectivity index (χ1) is 7.08. The SMILES string of the molecule is CC1CN(C(=O)c2cc(Cl)c[nH]2)CC1N. The van der Waals surface area contributed by atoms with Gasteiger partial charge >= 0.3 is 0 Å². The first-order valence-corrected chi connectivity index (χ1v) is 5.34. The highest BCUT2D eigenvalue weighted by Crippen LogP contribution is 2.18. The zero-order valence-electron chi connectivity index (χ0n) is 8.53. The molecule has 15 heavy (non-hydrogen) atoms. The van der Waals surface area contributed by atoms with Gasteiger partial charge in [0, 0.05) is 25.3 Å². The smallest absolute Gasteiger partial charge is 0.270 e. The minimum Gasteiger partial charge on any atom is -0.356 e. The normalized spacial score (nSPS) is 25.9. The van der Waals surface area contributed by atoms with Gasteiger partial charge in [0.1, 0.15) is 5.69 Å². The van der Waals surface area contributed by atoms with Crippen molar-refractivity contribution in [1.29, 1.82) is 0 Å². The van der Waals surface area contributed by atoms with E-state index in [4.69, 9.17) is 17.3 Å². The summed E-state index contributed by atoms with van der Waals surface area (Å²) in [6.07, 6.45) is 1.61. The Balaban J connectivity index is 2.10. The molecule has 1 saturated heterocycles. The van der Waals surface area contributed by atoms with Gasteiger partial charge < -0.3 is 15.6 Å². The van der Waals surface area contributed by atoms with Gasteiger partial charge in [0.25, 0.3) is 5.91 Å². The summed E-state index contributed by atoms with van der Waals surface area (Å²) in [5.41, 5.74) is 6.39. The van der Waals surface area contributed by atoms with E-state index in [1.165, 1.54) is 0 Å². The lowest BCUT2D eigenvalue weighted by molar-refractivity contribution is 0.0782. The van der Waals surface area contributed by atoms with Crippen molar-refractivity contribution in [3.63, 3.8) is 0 Å². The van der Waals surface area contributed by atoms with Crippen molar-refractivity contribution in [3.05, 3.63) is 23.0 Å². The van der Waals surface area contributed by atoms with Crippen LogP contribution in [0.2, 0.25) is 5.02 Å². The number of nitrogens with two attached hydrogens (primary N) is 1. The first kappa shape index (κ1) is 10.5. The third-order valence-corrected chi connectivity index (χ3v) is 3.05. The summed E-state index contributed by atoms with van der Waals surface area (Å²) in [6.45, 7) is 3.40. The zero-order chi connectivity index (χ0) is 11.0. The van der Waals surface area contributed by atoms with Crippen LogP contribution in [-0.2, 0) is 0 Å². The molecule has 2 heterocycles. The van der Waals surface area contributed by atoms with E-state index in [1.54, 1.807) is 17.2 Å². The Hall–Kier alpha value is -1.00. The molecule has 0 aliphatic carbocycles. The van der Waals surface area contributed by atoms with Gasteiger partial charge in [0.15, 0.2) is 0 Å². The summed E-state index contributed by atoms with van der Waals surface area (Å²) in [4.78, 5) is 16.5. The van der Waals surface area contributed by atoms with Crippen LogP contribution in [0.1, 0.15) is 17.4 Å². The molecule has 5 heteroatoms.